The molecule has 0 aliphatic carbocycles. The van der Waals surface area contributed by atoms with Crippen LogP contribution < -0.4 is 5.56 Å². The van der Waals surface area contributed by atoms with Crippen LogP contribution in [0.4, 0.5) is 0 Å². The Morgan fingerprint density at radius 1 is 1.50 bits per heavy atom. The summed E-state index contributed by atoms with van der Waals surface area (Å²) in [6.45, 7) is 0.728. The molecule has 1 aliphatic heterocycles. The molecule has 0 amide bonds. The number of hydrogen-bond acceptors (Lipinski definition) is 4. The van der Waals surface area contributed by atoms with Crippen molar-refractivity contribution in [2.75, 3.05) is 6.61 Å². The first-order valence-corrected chi connectivity index (χ1v) is 6.06. The molecule has 1 saturated heterocycles. The van der Waals surface area contributed by atoms with Crippen molar-refractivity contribution in [3.8, 4) is 5.75 Å². The fourth-order valence-corrected chi connectivity index (χ4v) is 2.29. The molecule has 0 radical (unpaired) electrons. The summed E-state index contributed by atoms with van der Waals surface area (Å²) >= 11 is 0. The standard InChI is InChI=1S/C12H15N3O3/c1-14-8-7-15(11-4-2-3-5-18-11)13-12(8)9(16)6-10(14)17/h6-7,11,16H,2-5H2,1H3. The van der Waals surface area contributed by atoms with Gasteiger partial charge in [0.05, 0.1) is 11.7 Å². The Balaban J connectivity index is 2.13. The molecule has 0 saturated carbocycles. The number of aromatic hydroxyl groups is 1. The molecule has 96 valence electrons. The molecular weight excluding hydrogens is 234 g/mol. The second-order valence-corrected chi connectivity index (χ2v) is 4.59. The second-order valence-electron chi connectivity index (χ2n) is 4.59. The molecule has 1 aliphatic rings. The maximum atomic E-state index is 11.6. The van der Waals surface area contributed by atoms with E-state index in [9.17, 15) is 9.90 Å². The van der Waals surface area contributed by atoms with Gasteiger partial charge in [-0.3, -0.25) is 4.79 Å². The van der Waals surface area contributed by atoms with Crippen LogP contribution in [-0.2, 0) is 11.8 Å². The first-order valence-electron chi connectivity index (χ1n) is 6.06. The minimum atomic E-state index is -0.246. The zero-order valence-electron chi connectivity index (χ0n) is 10.2. The van der Waals surface area contributed by atoms with E-state index in [2.05, 4.69) is 5.10 Å². The molecule has 1 unspecified atom stereocenters. The van der Waals surface area contributed by atoms with Crippen LogP contribution in [0.5, 0.6) is 5.75 Å². The van der Waals surface area contributed by atoms with Crippen molar-refractivity contribution in [3.05, 3.63) is 22.6 Å². The Hall–Kier alpha value is -1.82. The fraction of sp³-hybridized carbons (Fsp3) is 0.500. The highest BCUT2D eigenvalue weighted by Gasteiger charge is 2.19. The van der Waals surface area contributed by atoms with E-state index in [1.54, 1.807) is 17.9 Å². The molecule has 1 fully saturated rings. The minimum absolute atomic E-state index is 0.0809. The van der Waals surface area contributed by atoms with E-state index in [-0.39, 0.29) is 17.5 Å². The van der Waals surface area contributed by atoms with Gasteiger partial charge in [0.25, 0.3) is 5.56 Å². The lowest BCUT2D eigenvalue weighted by Gasteiger charge is -2.22. The van der Waals surface area contributed by atoms with Crippen LogP contribution in [-0.4, -0.2) is 26.1 Å². The summed E-state index contributed by atoms with van der Waals surface area (Å²) in [7, 11) is 1.66. The molecule has 0 aromatic carbocycles. The van der Waals surface area contributed by atoms with Crippen LogP contribution in [0.1, 0.15) is 25.5 Å². The summed E-state index contributed by atoms with van der Waals surface area (Å²) in [5.41, 5.74) is 0.810. The zero-order chi connectivity index (χ0) is 12.7. The van der Waals surface area contributed by atoms with E-state index >= 15 is 0 Å². The predicted molar refractivity (Wildman–Crippen MR) is 65.5 cm³/mol. The number of ether oxygens (including phenoxy) is 1. The minimum Gasteiger partial charge on any atom is -0.505 e. The van der Waals surface area contributed by atoms with Crippen LogP contribution in [0, 0.1) is 0 Å². The molecule has 6 heteroatoms. The van der Waals surface area contributed by atoms with E-state index in [1.165, 1.54) is 10.6 Å². The maximum absolute atomic E-state index is 11.6. The summed E-state index contributed by atoms with van der Waals surface area (Å²) < 4.78 is 8.81. The molecule has 6 nitrogen and oxygen atoms in total. The Kier molecular flexibility index (Phi) is 2.59. The summed E-state index contributed by atoms with van der Waals surface area (Å²) in [5, 5.41) is 14.1. The van der Waals surface area contributed by atoms with Crippen LogP contribution in [0.3, 0.4) is 0 Å². The highest BCUT2D eigenvalue weighted by Crippen LogP contribution is 2.26. The molecule has 18 heavy (non-hydrogen) atoms. The van der Waals surface area contributed by atoms with E-state index < -0.39 is 0 Å². The molecule has 2 aromatic heterocycles. The summed E-state index contributed by atoms with van der Waals surface area (Å²) in [6, 6.07) is 1.18. The highest BCUT2D eigenvalue weighted by atomic mass is 16.5. The number of rotatable bonds is 1. The predicted octanol–water partition coefficient (Wildman–Crippen LogP) is 1.14. The topological polar surface area (TPSA) is 69.3 Å². The molecule has 1 atom stereocenters. The van der Waals surface area contributed by atoms with E-state index in [1.807, 2.05) is 0 Å². The molecule has 0 spiro atoms. The van der Waals surface area contributed by atoms with Crippen molar-refractivity contribution in [1.82, 2.24) is 14.3 Å². The lowest BCUT2D eigenvalue weighted by molar-refractivity contribution is -0.0391. The van der Waals surface area contributed by atoms with E-state index in [0.717, 1.165) is 25.9 Å². The number of hydrogen-bond donors (Lipinski definition) is 1. The maximum Gasteiger partial charge on any atom is 0.254 e. The Morgan fingerprint density at radius 3 is 3.06 bits per heavy atom. The monoisotopic (exact) mass is 249 g/mol. The normalized spacial score (nSPS) is 20.4. The van der Waals surface area contributed by atoms with Crippen LogP contribution in [0.2, 0.25) is 0 Å². The zero-order valence-corrected chi connectivity index (χ0v) is 10.2. The first kappa shape index (κ1) is 11.3. The average molecular weight is 249 g/mol. The van der Waals surface area contributed by atoms with Gasteiger partial charge in [0, 0.05) is 19.7 Å². The Bertz CT molecular complexity index is 638. The number of aryl methyl sites for hydroxylation is 1. The molecule has 2 aromatic rings. The molecule has 0 bridgehead atoms. The van der Waals surface area contributed by atoms with E-state index in [4.69, 9.17) is 4.74 Å². The lowest BCUT2D eigenvalue weighted by Crippen LogP contribution is -2.18. The third kappa shape index (κ3) is 1.69. The van der Waals surface area contributed by atoms with Crippen molar-refractivity contribution in [2.45, 2.75) is 25.5 Å². The van der Waals surface area contributed by atoms with Gasteiger partial charge < -0.3 is 14.4 Å². The Labute approximate surface area is 103 Å². The number of aromatic nitrogens is 3. The van der Waals surface area contributed by atoms with Crippen LogP contribution >= 0.6 is 0 Å². The second kappa shape index (κ2) is 4.13. The summed E-state index contributed by atoms with van der Waals surface area (Å²) in [6.07, 6.45) is 4.74. The van der Waals surface area contributed by atoms with Crippen LogP contribution in [0.15, 0.2) is 17.1 Å². The first-order chi connectivity index (χ1) is 8.66. The highest BCUT2D eigenvalue weighted by molar-refractivity contribution is 5.80. The van der Waals surface area contributed by atoms with Gasteiger partial charge in [-0.1, -0.05) is 0 Å². The summed E-state index contributed by atoms with van der Waals surface area (Å²) in [5.74, 6) is -0.0809. The van der Waals surface area contributed by atoms with Crippen molar-refractivity contribution in [2.24, 2.45) is 7.05 Å². The van der Waals surface area contributed by atoms with Crippen LogP contribution in [0.25, 0.3) is 11.0 Å². The van der Waals surface area contributed by atoms with Crippen molar-refractivity contribution < 1.29 is 9.84 Å². The molecule has 3 rings (SSSR count). The van der Waals surface area contributed by atoms with Crippen molar-refractivity contribution in [3.63, 3.8) is 0 Å². The van der Waals surface area contributed by atoms with Gasteiger partial charge in [0.2, 0.25) is 0 Å². The van der Waals surface area contributed by atoms with Gasteiger partial charge in [-0.25, -0.2) is 4.68 Å². The average Bonchev–Trinajstić information content (AvgIpc) is 2.83. The van der Waals surface area contributed by atoms with Gasteiger partial charge >= 0.3 is 0 Å². The van der Waals surface area contributed by atoms with Gasteiger partial charge in [0.1, 0.15) is 6.23 Å². The van der Waals surface area contributed by atoms with Gasteiger partial charge in [-0.2, -0.15) is 5.10 Å². The molecular formula is C12H15N3O3. The van der Waals surface area contributed by atoms with E-state index in [0.29, 0.717) is 11.0 Å². The van der Waals surface area contributed by atoms with Gasteiger partial charge in [-0.15, -0.1) is 0 Å². The molecule has 3 heterocycles. The smallest absolute Gasteiger partial charge is 0.254 e. The fourth-order valence-electron chi connectivity index (χ4n) is 2.29. The Morgan fingerprint density at radius 2 is 2.33 bits per heavy atom. The number of fused-ring (bicyclic) bond motifs is 1. The third-order valence-electron chi connectivity index (χ3n) is 3.36. The van der Waals surface area contributed by atoms with Crippen molar-refractivity contribution in [1.29, 1.82) is 0 Å². The largest absolute Gasteiger partial charge is 0.505 e. The quantitative estimate of drug-likeness (QED) is 0.822. The third-order valence-corrected chi connectivity index (χ3v) is 3.36. The number of pyridine rings is 1. The molecule has 1 N–H and O–H groups in total. The SMILES string of the molecule is Cn1c(=O)cc(O)c2nn(C3CCCCO3)cc21. The van der Waals surface area contributed by atoms with Gasteiger partial charge in [-0.05, 0) is 19.3 Å². The summed E-state index contributed by atoms with van der Waals surface area (Å²) in [4.78, 5) is 11.6. The van der Waals surface area contributed by atoms with Gasteiger partial charge in [0.15, 0.2) is 11.3 Å². The van der Waals surface area contributed by atoms with Crippen molar-refractivity contribution >= 4 is 11.0 Å². The number of nitrogens with zero attached hydrogens (tertiary/aromatic N) is 3. The lowest BCUT2D eigenvalue weighted by atomic mass is 10.2.